The van der Waals surface area contributed by atoms with E-state index >= 15 is 0 Å². The van der Waals surface area contributed by atoms with E-state index in [0.717, 1.165) is 34.7 Å². The highest BCUT2D eigenvalue weighted by molar-refractivity contribution is 5.92. The molecule has 0 aliphatic rings. The molecular weight excluding hydrogens is 656 g/mol. The molecule has 284 valence electrons. The lowest BCUT2D eigenvalue weighted by molar-refractivity contribution is -0.135. The lowest BCUT2D eigenvalue weighted by Gasteiger charge is -2.30. The van der Waals surface area contributed by atoms with E-state index in [0.29, 0.717) is 38.3 Å². The van der Waals surface area contributed by atoms with Gasteiger partial charge < -0.3 is 30.7 Å². The first kappa shape index (κ1) is 42.0. The fourth-order valence-corrected chi connectivity index (χ4v) is 6.22. The van der Waals surface area contributed by atoms with Crippen LogP contribution in [0.25, 0.3) is 10.8 Å². The minimum atomic E-state index is -1.10. The first-order chi connectivity index (χ1) is 24.9. The van der Waals surface area contributed by atoms with Gasteiger partial charge in [-0.25, -0.2) is 4.79 Å². The summed E-state index contributed by atoms with van der Waals surface area (Å²) < 4.78 is 5.48. The van der Waals surface area contributed by atoms with Gasteiger partial charge in [0, 0.05) is 19.5 Å². The minimum absolute atomic E-state index is 0.0343. The van der Waals surface area contributed by atoms with E-state index in [1.165, 1.54) is 0 Å². The summed E-state index contributed by atoms with van der Waals surface area (Å²) in [4.78, 5) is 56.1. The van der Waals surface area contributed by atoms with Gasteiger partial charge in [0.15, 0.2) is 0 Å². The summed E-state index contributed by atoms with van der Waals surface area (Å²) in [6, 6.07) is 20.2. The molecule has 0 fully saturated rings. The van der Waals surface area contributed by atoms with Crippen molar-refractivity contribution in [3.63, 3.8) is 0 Å². The molecule has 3 rings (SSSR count). The largest absolute Gasteiger partial charge is 0.445 e. The monoisotopic (exact) mass is 716 g/mol. The molecule has 0 saturated carbocycles. The molecule has 0 spiro atoms. The average molecular weight is 717 g/mol. The van der Waals surface area contributed by atoms with Crippen molar-refractivity contribution in [3.8, 4) is 0 Å². The van der Waals surface area contributed by atoms with Gasteiger partial charge in [-0.2, -0.15) is 0 Å². The number of ether oxygens (including phenoxy) is 1. The summed E-state index contributed by atoms with van der Waals surface area (Å²) in [6.07, 6.45) is 1.39. The summed E-state index contributed by atoms with van der Waals surface area (Å²) in [5.74, 6) is -0.671. The van der Waals surface area contributed by atoms with Gasteiger partial charge in [0.2, 0.25) is 17.7 Å². The van der Waals surface area contributed by atoms with E-state index in [2.05, 4.69) is 29.8 Å². The van der Waals surface area contributed by atoms with Gasteiger partial charge in [-0.15, -0.1) is 0 Å². The highest BCUT2D eigenvalue weighted by Gasteiger charge is 2.32. The number of nitrogens with one attached hydrogen (secondary N) is 3. The Hall–Kier alpha value is -4.44. The van der Waals surface area contributed by atoms with Crippen LogP contribution in [0, 0.1) is 11.8 Å². The van der Waals surface area contributed by atoms with Crippen LogP contribution in [0.2, 0.25) is 0 Å². The smallest absolute Gasteiger partial charge is 0.408 e. The Labute approximate surface area is 310 Å². The van der Waals surface area contributed by atoms with Crippen molar-refractivity contribution in [3.05, 3.63) is 83.9 Å². The molecule has 4 N–H and O–H groups in total. The fourth-order valence-electron chi connectivity index (χ4n) is 6.22. The quantitative estimate of drug-likeness (QED) is 0.0990. The van der Waals surface area contributed by atoms with E-state index in [4.69, 9.17) is 4.74 Å². The maximum atomic E-state index is 14.1. The highest BCUT2D eigenvalue weighted by Crippen LogP contribution is 2.21. The van der Waals surface area contributed by atoms with E-state index in [-0.39, 0.29) is 31.3 Å². The Kier molecular flexibility index (Phi) is 17.6. The van der Waals surface area contributed by atoms with Crippen LogP contribution in [0.3, 0.4) is 0 Å². The standard InChI is InChI=1S/C42H60N4O6/c1-7-10-23-35(40(49)44-36(24-29(4)5)38(47)26-39(48)46(9-3)27-30(6)8-2)43-41(50)37(45-42(51)52-28-31-17-12-11-13-18-31)25-33-21-16-20-32-19-14-15-22-34(32)33/h11-22,29-30,35-38,47H,7-10,23-28H2,1-6H3,(H,43,50)(H,44,49)(H,45,51)/t30?,35-,36?,37-,38?/m0/s1. The maximum absolute atomic E-state index is 14.1. The molecule has 3 aromatic carbocycles. The number of unbranched alkanes of at least 4 members (excludes halogenated alkanes) is 1. The maximum Gasteiger partial charge on any atom is 0.408 e. The number of carbonyl (C=O) groups is 4. The van der Waals surface area contributed by atoms with Gasteiger partial charge in [-0.05, 0) is 53.5 Å². The number of rotatable bonds is 21. The number of hydrogen-bond acceptors (Lipinski definition) is 6. The molecule has 0 bridgehead atoms. The summed E-state index contributed by atoms with van der Waals surface area (Å²) >= 11 is 0. The second kappa shape index (κ2) is 21.8. The number of nitrogens with zero attached hydrogens (tertiary/aromatic N) is 1. The molecule has 0 heterocycles. The minimum Gasteiger partial charge on any atom is -0.445 e. The summed E-state index contributed by atoms with van der Waals surface area (Å²) in [7, 11) is 0. The molecule has 0 aromatic heterocycles. The third kappa shape index (κ3) is 13.6. The van der Waals surface area contributed by atoms with E-state index in [9.17, 15) is 24.3 Å². The van der Waals surface area contributed by atoms with Crippen molar-refractivity contribution < 1.29 is 29.0 Å². The van der Waals surface area contributed by atoms with E-state index in [1.807, 2.05) is 100 Å². The molecule has 10 heteroatoms. The number of aliphatic hydroxyl groups is 1. The van der Waals surface area contributed by atoms with Gasteiger partial charge in [-0.3, -0.25) is 14.4 Å². The number of aliphatic hydroxyl groups excluding tert-OH is 1. The fraction of sp³-hybridized carbons (Fsp3) is 0.524. The summed E-state index contributed by atoms with van der Waals surface area (Å²) in [5.41, 5.74) is 1.66. The SMILES string of the molecule is CCCC[C@H](NC(=O)[C@H](Cc1cccc2ccccc12)NC(=O)OCc1ccccc1)C(=O)NC(CC(C)C)C(O)CC(=O)N(CC)CC(C)CC. The first-order valence-corrected chi connectivity index (χ1v) is 19.0. The second-order valence-electron chi connectivity index (χ2n) is 14.3. The van der Waals surface area contributed by atoms with Crippen LogP contribution in [0.4, 0.5) is 4.79 Å². The van der Waals surface area contributed by atoms with Crippen molar-refractivity contribution in [2.75, 3.05) is 13.1 Å². The van der Waals surface area contributed by atoms with Crippen LogP contribution in [-0.2, 0) is 32.1 Å². The van der Waals surface area contributed by atoms with Crippen LogP contribution in [-0.4, -0.2) is 71.1 Å². The lowest BCUT2D eigenvalue weighted by atomic mass is 9.95. The van der Waals surface area contributed by atoms with E-state index < -0.39 is 42.1 Å². The number of carbonyl (C=O) groups excluding carboxylic acids is 4. The van der Waals surface area contributed by atoms with Crippen molar-refractivity contribution in [2.24, 2.45) is 11.8 Å². The number of hydrogen-bond donors (Lipinski definition) is 4. The third-order valence-corrected chi connectivity index (χ3v) is 9.47. The average Bonchev–Trinajstić information content (AvgIpc) is 3.14. The highest BCUT2D eigenvalue weighted by atomic mass is 16.5. The number of amides is 4. The van der Waals surface area contributed by atoms with Crippen molar-refractivity contribution >= 4 is 34.6 Å². The molecule has 0 radical (unpaired) electrons. The molecule has 10 nitrogen and oxygen atoms in total. The summed E-state index contributed by atoms with van der Waals surface area (Å²) in [6.45, 7) is 13.3. The third-order valence-electron chi connectivity index (χ3n) is 9.47. The molecule has 0 aliphatic heterocycles. The molecule has 0 saturated heterocycles. The Morgan fingerprint density at radius 1 is 0.808 bits per heavy atom. The topological polar surface area (TPSA) is 137 Å². The number of alkyl carbamates (subject to hydrolysis) is 1. The summed E-state index contributed by atoms with van der Waals surface area (Å²) in [5, 5.41) is 21.9. The van der Waals surface area contributed by atoms with Crippen LogP contribution in [0.15, 0.2) is 72.8 Å². The zero-order chi connectivity index (χ0) is 38.0. The number of fused-ring (bicyclic) bond motifs is 1. The first-order valence-electron chi connectivity index (χ1n) is 19.0. The van der Waals surface area contributed by atoms with Crippen LogP contribution in [0.5, 0.6) is 0 Å². The Balaban J connectivity index is 1.81. The Bertz CT molecular complexity index is 1560. The predicted molar refractivity (Wildman–Crippen MR) is 206 cm³/mol. The van der Waals surface area contributed by atoms with Gasteiger partial charge in [-0.1, -0.05) is 127 Å². The molecule has 3 aromatic rings. The Morgan fingerprint density at radius 2 is 1.48 bits per heavy atom. The molecular formula is C42H60N4O6. The predicted octanol–water partition coefficient (Wildman–Crippen LogP) is 6.53. The zero-order valence-electron chi connectivity index (χ0n) is 31.9. The van der Waals surface area contributed by atoms with Crippen LogP contribution >= 0.6 is 0 Å². The van der Waals surface area contributed by atoms with Crippen molar-refractivity contribution in [2.45, 2.75) is 117 Å². The molecule has 52 heavy (non-hydrogen) atoms. The zero-order valence-corrected chi connectivity index (χ0v) is 31.9. The van der Waals surface area contributed by atoms with Crippen LogP contribution < -0.4 is 16.0 Å². The van der Waals surface area contributed by atoms with E-state index in [1.54, 1.807) is 4.90 Å². The second-order valence-corrected chi connectivity index (χ2v) is 14.3. The molecule has 4 amide bonds. The van der Waals surface area contributed by atoms with Crippen molar-refractivity contribution in [1.29, 1.82) is 0 Å². The molecule has 5 atom stereocenters. The lowest BCUT2D eigenvalue weighted by Crippen LogP contribution is -2.57. The van der Waals surface area contributed by atoms with Gasteiger partial charge in [0.25, 0.3) is 0 Å². The van der Waals surface area contributed by atoms with Crippen LogP contribution in [0.1, 0.15) is 91.2 Å². The van der Waals surface area contributed by atoms with Gasteiger partial charge in [0.05, 0.1) is 18.6 Å². The Morgan fingerprint density at radius 3 is 2.15 bits per heavy atom. The van der Waals surface area contributed by atoms with Gasteiger partial charge >= 0.3 is 6.09 Å². The normalized spacial score (nSPS) is 14.2. The molecule has 0 aliphatic carbocycles. The van der Waals surface area contributed by atoms with Gasteiger partial charge in [0.1, 0.15) is 18.7 Å². The number of benzene rings is 3. The molecule has 3 unspecified atom stereocenters. The van der Waals surface area contributed by atoms with Crippen molar-refractivity contribution in [1.82, 2.24) is 20.9 Å².